The Morgan fingerprint density at radius 2 is 1.87 bits per heavy atom. The molecule has 1 aliphatic heterocycles. The molecule has 0 radical (unpaired) electrons. The number of halogens is 1. The zero-order valence-corrected chi connectivity index (χ0v) is 22.0. The van der Waals surface area contributed by atoms with Crippen molar-refractivity contribution in [3.8, 4) is 0 Å². The third kappa shape index (κ3) is 5.47. The Kier molecular flexibility index (Phi) is 6.59. The van der Waals surface area contributed by atoms with E-state index in [9.17, 15) is 14.4 Å². The lowest BCUT2D eigenvalue weighted by Crippen LogP contribution is -2.37. The van der Waals surface area contributed by atoms with Gasteiger partial charge in [-0.25, -0.2) is 9.18 Å². The average Bonchev–Trinajstić information content (AvgIpc) is 3.47. The molecule has 0 spiro atoms. The van der Waals surface area contributed by atoms with Crippen LogP contribution in [0.25, 0.3) is 10.9 Å². The molecule has 0 bridgehead atoms. The molecule has 2 aromatic carbocycles. The first-order valence-corrected chi connectivity index (χ1v) is 12.5. The fourth-order valence-electron chi connectivity index (χ4n) is 4.52. The minimum absolute atomic E-state index is 0.123. The van der Waals surface area contributed by atoms with Crippen LogP contribution in [0.1, 0.15) is 60.1 Å². The van der Waals surface area contributed by atoms with Crippen LogP contribution in [0.3, 0.4) is 0 Å². The van der Waals surface area contributed by atoms with Crippen molar-refractivity contribution in [2.24, 2.45) is 0 Å². The van der Waals surface area contributed by atoms with Crippen molar-refractivity contribution in [3.05, 3.63) is 77.5 Å². The Labute approximate surface area is 224 Å². The number of carbonyl (C=O) groups excluding carboxylic acids is 3. The number of nitrogens with one attached hydrogen (secondary N) is 3. The zero-order valence-electron chi connectivity index (χ0n) is 22.0. The van der Waals surface area contributed by atoms with Crippen LogP contribution in [-0.4, -0.2) is 44.4 Å². The third-order valence-corrected chi connectivity index (χ3v) is 6.25. The monoisotopic (exact) mass is 532 g/mol. The van der Waals surface area contributed by atoms with Crippen LogP contribution < -0.4 is 16.0 Å². The number of rotatable bonds is 5. The summed E-state index contributed by atoms with van der Waals surface area (Å²) >= 11 is 0. The lowest BCUT2D eigenvalue weighted by molar-refractivity contribution is 0.0635. The smallest absolute Gasteiger partial charge is 0.412 e. The van der Waals surface area contributed by atoms with E-state index in [4.69, 9.17) is 4.74 Å². The fraction of sp³-hybridized carbons (Fsp3) is 0.286. The van der Waals surface area contributed by atoms with Crippen molar-refractivity contribution in [2.45, 2.75) is 45.9 Å². The van der Waals surface area contributed by atoms with Crippen molar-refractivity contribution < 1.29 is 23.5 Å². The van der Waals surface area contributed by atoms with E-state index in [1.54, 1.807) is 60.5 Å². The molecule has 5 rings (SSSR count). The first kappa shape index (κ1) is 26.0. The van der Waals surface area contributed by atoms with E-state index in [0.717, 1.165) is 5.56 Å². The SMILES string of the molecule is CC1CNC(=O)c2cc3ccc(C(=O)Nc4cnn(Cc5ccc(NC(=O)OC(C)(C)C)cc5)c4)c(F)c3n21. The van der Waals surface area contributed by atoms with Crippen LogP contribution in [0, 0.1) is 5.82 Å². The number of aromatic nitrogens is 3. The molecule has 3 amide bonds. The van der Waals surface area contributed by atoms with Crippen LogP contribution in [0.2, 0.25) is 0 Å². The normalized spacial score (nSPS) is 15.0. The van der Waals surface area contributed by atoms with Gasteiger partial charge >= 0.3 is 6.09 Å². The van der Waals surface area contributed by atoms with Crippen LogP contribution in [-0.2, 0) is 11.3 Å². The van der Waals surface area contributed by atoms with E-state index in [-0.39, 0.29) is 23.0 Å². The molecule has 1 aliphatic rings. The van der Waals surface area contributed by atoms with Gasteiger partial charge in [-0.05, 0) is 57.5 Å². The second kappa shape index (κ2) is 9.90. The minimum Gasteiger partial charge on any atom is -0.444 e. The molecule has 2 aromatic heterocycles. The van der Waals surface area contributed by atoms with Crippen molar-refractivity contribution in [2.75, 3.05) is 17.2 Å². The second-order valence-electron chi connectivity index (χ2n) is 10.5. The summed E-state index contributed by atoms with van der Waals surface area (Å²) in [6.07, 6.45) is 2.60. The molecule has 0 fully saturated rings. The predicted molar refractivity (Wildman–Crippen MR) is 145 cm³/mol. The minimum atomic E-state index is -0.676. The number of nitrogens with zero attached hydrogens (tertiary/aromatic N) is 3. The number of ether oxygens (including phenoxy) is 1. The topological polar surface area (TPSA) is 119 Å². The largest absolute Gasteiger partial charge is 0.444 e. The molecule has 1 atom stereocenters. The standard InChI is InChI=1S/C28H29FN6O4/c1-16-12-30-26(37)22-11-18-7-10-21(23(29)24(18)35(16)22)25(36)32-20-13-31-34(15-20)14-17-5-8-19(9-6-17)33-27(38)39-28(2,3)4/h5-11,13,15-16H,12,14H2,1-4H3,(H,30,37)(H,32,36)(H,33,38). The van der Waals surface area contributed by atoms with E-state index in [1.165, 1.54) is 12.3 Å². The molecule has 3 N–H and O–H groups in total. The van der Waals surface area contributed by atoms with Gasteiger partial charge in [0.1, 0.15) is 11.3 Å². The molecule has 0 saturated heterocycles. The van der Waals surface area contributed by atoms with Crippen LogP contribution in [0.4, 0.5) is 20.6 Å². The van der Waals surface area contributed by atoms with E-state index in [0.29, 0.717) is 35.5 Å². The summed E-state index contributed by atoms with van der Waals surface area (Å²) in [5.74, 6) is -1.56. The molecule has 0 saturated carbocycles. The van der Waals surface area contributed by atoms with Crippen molar-refractivity contribution in [3.63, 3.8) is 0 Å². The lowest BCUT2D eigenvalue weighted by atomic mass is 10.1. The van der Waals surface area contributed by atoms with Crippen LogP contribution in [0.5, 0.6) is 0 Å². The molecule has 1 unspecified atom stereocenters. The summed E-state index contributed by atoms with van der Waals surface area (Å²) < 4.78 is 24.1. The number of amides is 3. The molecule has 202 valence electrons. The maximum absolute atomic E-state index is 15.6. The van der Waals surface area contributed by atoms with Gasteiger partial charge in [0.15, 0.2) is 5.82 Å². The Balaban J connectivity index is 1.26. The van der Waals surface area contributed by atoms with Crippen molar-refractivity contribution in [1.29, 1.82) is 0 Å². The van der Waals surface area contributed by atoms with E-state index < -0.39 is 23.4 Å². The van der Waals surface area contributed by atoms with Crippen LogP contribution in [0.15, 0.2) is 54.9 Å². The van der Waals surface area contributed by atoms with Gasteiger partial charge in [-0.1, -0.05) is 18.2 Å². The Hall–Kier alpha value is -4.67. The van der Waals surface area contributed by atoms with Crippen molar-refractivity contribution >= 4 is 40.2 Å². The number of fused-ring (bicyclic) bond motifs is 3. The van der Waals surface area contributed by atoms with Crippen LogP contribution >= 0.6 is 0 Å². The molecule has 0 aliphatic carbocycles. The molecule has 39 heavy (non-hydrogen) atoms. The van der Waals surface area contributed by atoms with E-state index >= 15 is 4.39 Å². The van der Waals surface area contributed by atoms with Gasteiger partial charge in [0.05, 0.1) is 29.5 Å². The maximum Gasteiger partial charge on any atom is 0.412 e. The molecular formula is C28H29FN6O4. The fourth-order valence-corrected chi connectivity index (χ4v) is 4.52. The summed E-state index contributed by atoms with van der Waals surface area (Å²) in [5, 5.41) is 13.0. The first-order chi connectivity index (χ1) is 18.5. The van der Waals surface area contributed by atoms with E-state index in [1.807, 2.05) is 19.1 Å². The quantitative estimate of drug-likeness (QED) is 0.337. The average molecular weight is 533 g/mol. The molecule has 4 aromatic rings. The number of carbonyl (C=O) groups is 3. The Bertz CT molecular complexity index is 1580. The molecule has 10 nitrogen and oxygen atoms in total. The highest BCUT2D eigenvalue weighted by molar-refractivity contribution is 6.07. The first-order valence-electron chi connectivity index (χ1n) is 12.5. The summed E-state index contributed by atoms with van der Waals surface area (Å²) in [7, 11) is 0. The van der Waals surface area contributed by atoms with Gasteiger partial charge in [0.25, 0.3) is 11.8 Å². The third-order valence-electron chi connectivity index (χ3n) is 6.25. The highest BCUT2D eigenvalue weighted by Crippen LogP contribution is 2.30. The summed E-state index contributed by atoms with van der Waals surface area (Å²) in [4.78, 5) is 37.2. The highest BCUT2D eigenvalue weighted by atomic mass is 19.1. The van der Waals surface area contributed by atoms with Gasteiger partial charge in [-0.15, -0.1) is 0 Å². The van der Waals surface area contributed by atoms with Gasteiger partial charge < -0.3 is 19.9 Å². The number of hydrogen-bond acceptors (Lipinski definition) is 5. The highest BCUT2D eigenvalue weighted by Gasteiger charge is 2.28. The number of hydrogen-bond donors (Lipinski definition) is 3. The lowest BCUT2D eigenvalue weighted by Gasteiger charge is -2.24. The maximum atomic E-state index is 15.6. The predicted octanol–water partition coefficient (Wildman–Crippen LogP) is 4.93. The number of anilines is 2. The Morgan fingerprint density at radius 1 is 1.13 bits per heavy atom. The zero-order chi connectivity index (χ0) is 27.9. The molecular weight excluding hydrogens is 503 g/mol. The van der Waals surface area contributed by atoms with Gasteiger partial charge in [-0.2, -0.15) is 5.10 Å². The number of benzene rings is 2. The van der Waals surface area contributed by atoms with Gasteiger partial charge in [-0.3, -0.25) is 19.6 Å². The van der Waals surface area contributed by atoms with Crippen molar-refractivity contribution in [1.82, 2.24) is 19.7 Å². The second-order valence-corrected chi connectivity index (χ2v) is 10.5. The van der Waals surface area contributed by atoms with Gasteiger partial charge in [0, 0.05) is 29.9 Å². The summed E-state index contributed by atoms with van der Waals surface area (Å²) in [5.41, 5.74) is 1.82. The van der Waals surface area contributed by atoms with Gasteiger partial charge in [0.2, 0.25) is 0 Å². The molecule has 11 heteroatoms. The summed E-state index contributed by atoms with van der Waals surface area (Å²) in [6, 6.07) is 11.7. The van der Waals surface area contributed by atoms with E-state index in [2.05, 4.69) is 21.0 Å². The Morgan fingerprint density at radius 3 is 2.59 bits per heavy atom. The summed E-state index contributed by atoms with van der Waals surface area (Å²) in [6.45, 7) is 8.06. The molecule has 3 heterocycles.